The second-order valence-corrected chi connectivity index (χ2v) is 11.1. The zero-order chi connectivity index (χ0) is 27.1. The lowest BCUT2D eigenvalue weighted by atomic mass is 9.93. The lowest BCUT2D eigenvalue weighted by Crippen LogP contribution is -2.44. The predicted molar refractivity (Wildman–Crippen MR) is 151 cm³/mol. The largest absolute Gasteiger partial charge is 0.488 e. The number of pyridine rings is 1. The molecule has 1 saturated carbocycles. The molecular formula is C32H37N3O4. The molecule has 1 N–H and O–H groups in total. The van der Waals surface area contributed by atoms with E-state index in [9.17, 15) is 4.79 Å². The van der Waals surface area contributed by atoms with Crippen LogP contribution in [-0.4, -0.2) is 50.9 Å². The number of carbonyl (C=O) groups is 1. The Labute approximate surface area is 230 Å². The van der Waals surface area contributed by atoms with Gasteiger partial charge in [-0.2, -0.15) is 0 Å². The summed E-state index contributed by atoms with van der Waals surface area (Å²) in [6, 6.07) is 16.7. The highest BCUT2D eigenvalue weighted by Crippen LogP contribution is 2.62. The Kier molecular flexibility index (Phi) is 6.81. The number of piperidine rings is 1. The van der Waals surface area contributed by atoms with Gasteiger partial charge in [-0.05, 0) is 85.7 Å². The van der Waals surface area contributed by atoms with Gasteiger partial charge in [0.25, 0.3) is 0 Å². The topological polar surface area (TPSA) is 72.9 Å². The number of fused-ring (bicyclic) bond motifs is 2. The fourth-order valence-electron chi connectivity index (χ4n) is 6.68. The van der Waals surface area contributed by atoms with Gasteiger partial charge in [0.2, 0.25) is 0 Å². The molecule has 0 radical (unpaired) electrons. The number of aromatic nitrogens is 1. The number of nitrogens with zero attached hydrogens (tertiary/aromatic N) is 2. The van der Waals surface area contributed by atoms with Crippen molar-refractivity contribution >= 4 is 11.8 Å². The Bertz CT molecular complexity index is 1410. The van der Waals surface area contributed by atoms with E-state index in [1.807, 2.05) is 24.3 Å². The number of esters is 1. The zero-order valence-corrected chi connectivity index (χ0v) is 23.3. The number of benzene rings is 2. The van der Waals surface area contributed by atoms with Crippen molar-refractivity contribution in [2.45, 2.75) is 45.9 Å². The van der Waals surface area contributed by atoms with Crippen LogP contribution in [0.5, 0.6) is 5.75 Å². The van der Waals surface area contributed by atoms with Crippen molar-refractivity contribution in [3.63, 3.8) is 0 Å². The van der Waals surface area contributed by atoms with Crippen LogP contribution in [0.4, 0.5) is 5.82 Å². The molecule has 1 aromatic heterocycles. The summed E-state index contributed by atoms with van der Waals surface area (Å²) in [5, 5.41) is 3.45. The highest BCUT2D eigenvalue weighted by atomic mass is 16.5. The lowest BCUT2D eigenvalue weighted by molar-refractivity contribution is -0.148. The summed E-state index contributed by atoms with van der Waals surface area (Å²) < 4.78 is 17.2. The molecule has 3 aliphatic rings. The lowest BCUT2D eigenvalue weighted by Gasteiger charge is -2.31. The van der Waals surface area contributed by atoms with Crippen molar-refractivity contribution in [2.75, 3.05) is 38.8 Å². The van der Waals surface area contributed by atoms with Crippen molar-refractivity contribution in [2.24, 2.45) is 11.3 Å². The third-order valence-electron chi connectivity index (χ3n) is 8.93. The highest BCUT2D eigenvalue weighted by Gasteiger charge is 2.71. The van der Waals surface area contributed by atoms with E-state index in [2.05, 4.69) is 48.3 Å². The van der Waals surface area contributed by atoms with E-state index in [1.165, 1.54) is 29.4 Å². The molecule has 1 aliphatic carbocycles. The SMILES string of the molecule is COC[C@H]1N(c2cccc(-c3cc(C)ccc3OCc3ccc4c(c3C)CCNC4)n2)C[C@@H]2C[C@@]21C(=O)OC. The first-order chi connectivity index (χ1) is 19.0. The van der Waals surface area contributed by atoms with Gasteiger partial charge in [0.05, 0.1) is 30.9 Å². The minimum atomic E-state index is -0.497. The normalized spacial score (nSPS) is 23.2. The first-order valence-electron chi connectivity index (χ1n) is 13.8. The number of ether oxygens (including phenoxy) is 3. The molecule has 2 aliphatic heterocycles. The van der Waals surface area contributed by atoms with Crippen molar-refractivity contribution in [3.05, 3.63) is 76.3 Å². The molecule has 2 fully saturated rings. The molecule has 0 spiro atoms. The molecule has 0 unspecified atom stereocenters. The van der Waals surface area contributed by atoms with E-state index >= 15 is 0 Å². The van der Waals surface area contributed by atoms with Crippen molar-refractivity contribution in [1.82, 2.24) is 10.3 Å². The van der Waals surface area contributed by atoms with Crippen LogP contribution in [0.1, 0.15) is 34.2 Å². The Morgan fingerprint density at radius 2 is 2.03 bits per heavy atom. The van der Waals surface area contributed by atoms with E-state index in [4.69, 9.17) is 19.2 Å². The number of anilines is 1. The fraction of sp³-hybridized carbons (Fsp3) is 0.438. The van der Waals surface area contributed by atoms with Crippen LogP contribution in [-0.2, 0) is 33.8 Å². The number of rotatable bonds is 8. The van der Waals surface area contributed by atoms with E-state index in [-0.39, 0.29) is 17.9 Å². The van der Waals surface area contributed by atoms with Crippen LogP contribution in [0, 0.1) is 25.2 Å². The predicted octanol–water partition coefficient (Wildman–Crippen LogP) is 4.60. The first kappa shape index (κ1) is 25.8. The molecule has 0 amide bonds. The number of nitrogens with one attached hydrogen (secondary N) is 1. The van der Waals surface area contributed by atoms with Crippen molar-refractivity contribution in [3.8, 4) is 17.0 Å². The van der Waals surface area contributed by atoms with Gasteiger partial charge in [0.1, 0.15) is 18.2 Å². The van der Waals surface area contributed by atoms with E-state index in [0.717, 1.165) is 60.9 Å². The van der Waals surface area contributed by atoms with Crippen LogP contribution in [0.3, 0.4) is 0 Å². The number of aryl methyl sites for hydroxylation is 1. The van der Waals surface area contributed by atoms with Gasteiger partial charge < -0.3 is 24.4 Å². The number of carbonyl (C=O) groups excluding carboxylic acids is 1. The number of methoxy groups -OCH3 is 2. The van der Waals surface area contributed by atoms with Gasteiger partial charge in [-0.15, -0.1) is 0 Å². The number of hydrogen-bond donors (Lipinski definition) is 1. The van der Waals surface area contributed by atoms with Crippen LogP contribution >= 0.6 is 0 Å². The molecule has 0 bridgehead atoms. The van der Waals surface area contributed by atoms with Crippen molar-refractivity contribution in [1.29, 1.82) is 0 Å². The van der Waals surface area contributed by atoms with Crippen LogP contribution in [0.15, 0.2) is 48.5 Å². The summed E-state index contributed by atoms with van der Waals surface area (Å²) >= 11 is 0. The standard InChI is InChI=1S/C32H37N3O4/c1-20-8-11-28(39-18-23-10-9-22-16-33-13-12-25(22)21(23)2)26(14-20)27-6-5-7-30(34-27)35-17-24-15-32(24,31(36)38-4)29(35)19-37-3/h5-11,14,24,29,33H,12-13,15-19H2,1-4H3/t24-,29+,32+/m0/s1. The summed E-state index contributed by atoms with van der Waals surface area (Å²) in [5.74, 6) is 1.78. The highest BCUT2D eigenvalue weighted by molar-refractivity contribution is 5.84. The average Bonchev–Trinajstić information content (AvgIpc) is 3.61. The quantitative estimate of drug-likeness (QED) is 0.429. The van der Waals surface area contributed by atoms with E-state index < -0.39 is 5.41 Å². The van der Waals surface area contributed by atoms with E-state index in [1.54, 1.807) is 7.11 Å². The maximum absolute atomic E-state index is 12.8. The summed E-state index contributed by atoms with van der Waals surface area (Å²) in [7, 11) is 3.15. The Hall–Kier alpha value is -3.42. The molecule has 1 saturated heterocycles. The zero-order valence-electron chi connectivity index (χ0n) is 23.3. The monoisotopic (exact) mass is 527 g/mol. The van der Waals surface area contributed by atoms with Crippen molar-refractivity contribution < 1.29 is 19.0 Å². The summed E-state index contributed by atoms with van der Waals surface area (Å²) in [6.45, 7) is 7.98. The molecular weight excluding hydrogens is 490 g/mol. The van der Waals surface area contributed by atoms with Crippen LogP contribution in [0.25, 0.3) is 11.3 Å². The Morgan fingerprint density at radius 3 is 2.85 bits per heavy atom. The molecule has 3 atom stereocenters. The summed E-state index contributed by atoms with van der Waals surface area (Å²) in [6.07, 6.45) is 1.90. The third kappa shape index (κ3) is 4.47. The molecule has 204 valence electrons. The van der Waals surface area contributed by atoms with Gasteiger partial charge in [-0.25, -0.2) is 4.98 Å². The van der Waals surface area contributed by atoms with Gasteiger partial charge in [0, 0.05) is 25.8 Å². The molecule has 6 rings (SSSR count). The third-order valence-corrected chi connectivity index (χ3v) is 8.93. The van der Waals surface area contributed by atoms with Gasteiger partial charge >= 0.3 is 5.97 Å². The molecule has 3 aromatic rings. The minimum absolute atomic E-state index is 0.0990. The van der Waals surface area contributed by atoms with E-state index in [0.29, 0.717) is 13.2 Å². The smallest absolute Gasteiger partial charge is 0.314 e. The second kappa shape index (κ2) is 10.3. The molecule has 3 heterocycles. The van der Waals surface area contributed by atoms with Crippen LogP contribution < -0.4 is 15.0 Å². The van der Waals surface area contributed by atoms with Gasteiger partial charge in [0.15, 0.2) is 0 Å². The summed E-state index contributed by atoms with van der Waals surface area (Å²) in [5.41, 5.74) is 7.85. The second-order valence-electron chi connectivity index (χ2n) is 11.1. The average molecular weight is 528 g/mol. The Morgan fingerprint density at radius 1 is 1.15 bits per heavy atom. The summed E-state index contributed by atoms with van der Waals surface area (Å²) in [4.78, 5) is 20.1. The van der Waals surface area contributed by atoms with Gasteiger partial charge in [-0.3, -0.25) is 4.79 Å². The molecule has 2 aromatic carbocycles. The fourth-order valence-corrected chi connectivity index (χ4v) is 6.68. The van der Waals surface area contributed by atoms with Crippen LogP contribution in [0.2, 0.25) is 0 Å². The van der Waals surface area contributed by atoms with Gasteiger partial charge in [-0.1, -0.05) is 29.8 Å². The maximum atomic E-state index is 12.8. The molecule has 39 heavy (non-hydrogen) atoms. The first-order valence-corrected chi connectivity index (χ1v) is 13.8. The maximum Gasteiger partial charge on any atom is 0.314 e. The number of hydrogen-bond acceptors (Lipinski definition) is 7. The molecule has 7 nitrogen and oxygen atoms in total. The Balaban J connectivity index is 1.28. The molecule has 7 heteroatoms. The minimum Gasteiger partial charge on any atom is -0.488 e.